The fourth-order valence-corrected chi connectivity index (χ4v) is 2.25. The molecule has 0 spiro atoms. The molecule has 3 N–H and O–H groups in total. The Morgan fingerprint density at radius 3 is 2.43 bits per heavy atom. The summed E-state index contributed by atoms with van der Waals surface area (Å²) in [6.07, 6.45) is 1.58. The molecule has 0 aliphatic carbocycles. The van der Waals surface area contributed by atoms with Gasteiger partial charge in [0.25, 0.3) is 0 Å². The van der Waals surface area contributed by atoms with Crippen molar-refractivity contribution in [3.05, 3.63) is 78.1 Å². The second kappa shape index (κ2) is 6.85. The number of aromatic nitrogens is 3. The molecule has 0 unspecified atom stereocenters. The molecule has 1 atom stereocenters. The third kappa shape index (κ3) is 3.61. The van der Waals surface area contributed by atoms with E-state index in [1.165, 1.54) is 0 Å². The summed E-state index contributed by atoms with van der Waals surface area (Å²) in [5.41, 5.74) is 7.83. The van der Waals surface area contributed by atoms with E-state index < -0.39 is 6.04 Å². The smallest absolute Gasteiger partial charge is 0.248 e. The third-order valence-electron chi connectivity index (χ3n) is 3.49. The summed E-state index contributed by atoms with van der Waals surface area (Å²) in [7, 11) is 0. The molecule has 1 amide bonds. The number of anilines is 1. The zero-order valence-electron chi connectivity index (χ0n) is 12.5. The molecule has 3 rings (SSSR count). The standard InChI is InChI=1S/C17H17N5O/c18-15(14-9-5-2-6-10-14)16(23)20-17-21-19-12-22(17)11-13-7-3-1-4-8-13/h1-10,12,15H,11,18H2,(H,20,21,23)/t15-/m0/s1. The van der Waals surface area contributed by atoms with Crippen LogP contribution in [-0.2, 0) is 11.3 Å². The minimum atomic E-state index is -0.752. The van der Waals surface area contributed by atoms with Crippen LogP contribution in [0.15, 0.2) is 67.0 Å². The molecule has 0 aliphatic heterocycles. The maximum atomic E-state index is 12.3. The molecule has 6 heteroatoms. The van der Waals surface area contributed by atoms with Gasteiger partial charge >= 0.3 is 0 Å². The molecule has 1 heterocycles. The summed E-state index contributed by atoms with van der Waals surface area (Å²) < 4.78 is 1.77. The molecule has 0 saturated heterocycles. The van der Waals surface area contributed by atoms with Gasteiger partial charge in [0.05, 0.1) is 6.54 Å². The summed E-state index contributed by atoms with van der Waals surface area (Å²) >= 11 is 0. The van der Waals surface area contributed by atoms with Crippen molar-refractivity contribution >= 4 is 11.9 Å². The predicted molar refractivity (Wildman–Crippen MR) is 87.6 cm³/mol. The highest BCUT2D eigenvalue weighted by Gasteiger charge is 2.18. The van der Waals surface area contributed by atoms with E-state index in [1.807, 2.05) is 60.7 Å². The van der Waals surface area contributed by atoms with Crippen molar-refractivity contribution in [3.63, 3.8) is 0 Å². The second-order valence-corrected chi connectivity index (χ2v) is 5.15. The molecule has 3 aromatic rings. The van der Waals surface area contributed by atoms with Crippen LogP contribution in [0.4, 0.5) is 5.95 Å². The molecule has 23 heavy (non-hydrogen) atoms. The van der Waals surface area contributed by atoms with Crippen molar-refractivity contribution in [1.29, 1.82) is 0 Å². The van der Waals surface area contributed by atoms with Gasteiger partial charge in [-0.3, -0.25) is 14.7 Å². The van der Waals surface area contributed by atoms with E-state index in [-0.39, 0.29) is 5.91 Å². The molecule has 1 aromatic heterocycles. The van der Waals surface area contributed by atoms with Crippen LogP contribution in [-0.4, -0.2) is 20.7 Å². The minimum absolute atomic E-state index is 0.321. The number of rotatable bonds is 5. The number of carbonyl (C=O) groups excluding carboxylic acids is 1. The molecular formula is C17H17N5O. The maximum absolute atomic E-state index is 12.3. The van der Waals surface area contributed by atoms with Crippen molar-refractivity contribution in [2.75, 3.05) is 5.32 Å². The van der Waals surface area contributed by atoms with Gasteiger partial charge in [-0.15, -0.1) is 10.2 Å². The van der Waals surface area contributed by atoms with Crippen LogP contribution < -0.4 is 11.1 Å². The lowest BCUT2D eigenvalue weighted by Gasteiger charge is -2.13. The molecule has 116 valence electrons. The number of nitrogens with two attached hydrogens (primary N) is 1. The highest BCUT2D eigenvalue weighted by atomic mass is 16.2. The zero-order chi connectivity index (χ0) is 16.1. The Morgan fingerprint density at radius 2 is 1.74 bits per heavy atom. The van der Waals surface area contributed by atoms with Crippen LogP contribution in [0.25, 0.3) is 0 Å². The van der Waals surface area contributed by atoms with Gasteiger partial charge in [-0.25, -0.2) is 0 Å². The largest absolute Gasteiger partial charge is 0.316 e. The van der Waals surface area contributed by atoms with Gasteiger partial charge in [-0.1, -0.05) is 60.7 Å². The van der Waals surface area contributed by atoms with Gasteiger partial charge < -0.3 is 5.73 Å². The normalized spacial score (nSPS) is 11.9. The van der Waals surface area contributed by atoms with Crippen LogP contribution in [0, 0.1) is 0 Å². The van der Waals surface area contributed by atoms with Crippen molar-refractivity contribution < 1.29 is 4.79 Å². The number of nitrogens with one attached hydrogen (secondary N) is 1. The highest BCUT2D eigenvalue weighted by Crippen LogP contribution is 2.13. The summed E-state index contributed by atoms with van der Waals surface area (Å²) in [6, 6.07) is 18.3. The van der Waals surface area contributed by atoms with E-state index in [0.717, 1.165) is 11.1 Å². The molecule has 0 aliphatic rings. The number of nitrogens with zero attached hydrogens (tertiary/aromatic N) is 3. The fraction of sp³-hybridized carbons (Fsp3) is 0.118. The lowest BCUT2D eigenvalue weighted by atomic mass is 10.1. The Morgan fingerprint density at radius 1 is 1.09 bits per heavy atom. The Labute approximate surface area is 134 Å². The second-order valence-electron chi connectivity index (χ2n) is 5.15. The van der Waals surface area contributed by atoms with Crippen molar-refractivity contribution in [2.45, 2.75) is 12.6 Å². The number of carbonyl (C=O) groups is 1. The van der Waals surface area contributed by atoms with Gasteiger partial charge in [0.2, 0.25) is 11.9 Å². The maximum Gasteiger partial charge on any atom is 0.248 e. The molecule has 0 fully saturated rings. The van der Waals surface area contributed by atoms with Gasteiger partial charge in [-0.05, 0) is 11.1 Å². The first-order valence-electron chi connectivity index (χ1n) is 7.27. The Kier molecular flexibility index (Phi) is 4.44. The summed E-state index contributed by atoms with van der Waals surface area (Å²) in [5.74, 6) is 0.0590. The van der Waals surface area contributed by atoms with Crippen molar-refractivity contribution in [3.8, 4) is 0 Å². The van der Waals surface area contributed by atoms with Gasteiger partial charge in [0, 0.05) is 0 Å². The topological polar surface area (TPSA) is 85.8 Å². The lowest BCUT2D eigenvalue weighted by Crippen LogP contribution is -2.29. The van der Waals surface area contributed by atoms with Gasteiger partial charge in [-0.2, -0.15) is 0 Å². The van der Waals surface area contributed by atoms with E-state index >= 15 is 0 Å². The molecule has 0 radical (unpaired) electrons. The molecular weight excluding hydrogens is 290 g/mol. The van der Waals surface area contributed by atoms with Crippen molar-refractivity contribution in [1.82, 2.24) is 14.8 Å². The number of hydrogen-bond donors (Lipinski definition) is 2. The van der Waals surface area contributed by atoms with E-state index in [4.69, 9.17) is 5.73 Å². The van der Waals surface area contributed by atoms with Crippen LogP contribution in [0.2, 0.25) is 0 Å². The summed E-state index contributed by atoms with van der Waals surface area (Å²) in [4.78, 5) is 12.3. The minimum Gasteiger partial charge on any atom is -0.316 e. The first kappa shape index (κ1) is 14.9. The molecule has 2 aromatic carbocycles. The molecule has 0 saturated carbocycles. The van der Waals surface area contributed by atoms with Crippen LogP contribution in [0.5, 0.6) is 0 Å². The first-order chi connectivity index (χ1) is 11.2. The number of amides is 1. The number of benzene rings is 2. The highest BCUT2D eigenvalue weighted by molar-refractivity contribution is 5.94. The third-order valence-corrected chi connectivity index (χ3v) is 3.49. The SMILES string of the molecule is N[C@H](C(=O)Nc1nncn1Cc1ccccc1)c1ccccc1. The zero-order valence-corrected chi connectivity index (χ0v) is 12.5. The quantitative estimate of drug-likeness (QED) is 0.754. The molecule has 6 nitrogen and oxygen atoms in total. The average Bonchev–Trinajstić information content (AvgIpc) is 3.02. The Hall–Kier alpha value is -2.99. The van der Waals surface area contributed by atoms with E-state index in [9.17, 15) is 4.79 Å². The predicted octanol–water partition coefficient (Wildman–Crippen LogP) is 1.96. The summed E-state index contributed by atoms with van der Waals surface area (Å²) in [6.45, 7) is 0.573. The number of hydrogen-bond acceptors (Lipinski definition) is 4. The fourth-order valence-electron chi connectivity index (χ4n) is 2.25. The first-order valence-corrected chi connectivity index (χ1v) is 7.27. The van der Waals surface area contributed by atoms with Crippen LogP contribution in [0.1, 0.15) is 17.2 Å². The average molecular weight is 307 g/mol. The Balaban J connectivity index is 1.71. The summed E-state index contributed by atoms with van der Waals surface area (Å²) in [5, 5.41) is 10.5. The monoisotopic (exact) mass is 307 g/mol. The van der Waals surface area contributed by atoms with Gasteiger partial charge in [0.1, 0.15) is 12.4 Å². The van der Waals surface area contributed by atoms with Crippen molar-refractivity contribution in [2.24, 2.45) is 5.73 Å². The van der Waals surface area contributed by atoms with E-state index in [0.29, 0.717) is 12.5 Å². The van der Waals surface area contributed by atoms with E-state index in [1.54, 1.807) is 10.9 Å². The van der Waals surface area contributed by atoms with E-state index in [2.05, 4.69) is 15.5 Å². The lowest BCUT2D eigenvalue weighted by molar-refractivity contribution is -0.117. The van der Waals surface area contributed by atoms with Gasteiger partial charge in [0.15, 0.2) is 0 Å². The Bertz CT molecular complexity index is 770. The van der Waals surface area contributed by atoms with Crippen LogP contribution in [0.3, 0.4) is 0 Å². The molecule has 0 bridgehead atoms. The van der Waals surface area contributed by atoms with Crippen LogP contribution >= 0.6 is 0 Å².